The second-order valence-corrected chi connectivity index (χ2v) is 4.67. The third-order valence-corrected chi connectivity index (χ3v) is 2.69. The molecule has 0 spiro atoms. The molecule has 2 rings (SSSR count). The summed E-state index contributed by atoms with van der Waals surface area (Å²) >= 11 is 0. The fourth-order valence-corrected chi connectivity index (χ4v) is 1.87. The van der Waals surface area contributed by atoms with E-state index in [9.17, 15) is 4.79 Å². The van der Waals surface area contributed by atoms with Gasteiger partial charge in [-0.2, -0.15) is 5.21 Å². The van der Waals surface area contributed by atoms with E-state index in [1.54, 1.807) is 6.92 Å². The lowest BCUT2D eigenvalue weighted by Crippen LogP contribution is -2.31. The van der Waals surface area contributed by atoms with Crippen LogP contribution in [0.15, 0.2) is 18.2 Å². The van der Waals surface area contributed by atoms with Crippen molar-refractivity contribution in [3.63, 3.8) is 0 Å². The normalized spacial score (nSPS) is 11.9. The standard InChI is InChI=1S/C13H17N5O2/c1-8-4-9(2)6-11(5-8)20-7-12(19)14-10(3)13-15-17-18-16-13/h4-6,10H,7H2,1-3H3,(H,14,19)(H,15,16,17,18). The third kappa shape index (κ3) is 3.78. The third-order valence-electron chi connectivity index (χ3n) is 2.69. The second kappa shape index (κ2) is 6.14. The number of aromatic nitrogens is 4. The van der Waals surface area contributed by atoms with Gasteiger partial charge in [0.05, 0.1) is 6.04 Å². The molecule has 2 aromatic rings. The van der Waals surface area contributed by atoms with Crippen molar-refractivity contribution >= 4 is 5.91 Å². The van der Waals surface area contributed by atoms with Gasteiger partial charge in [0.2, 0.25) is 0 Å². The van der Waals surface area contributed by atoms with Crippen molar-refractivity contribution in [3.05, 3.63) is 35.2 Å². The van der Waals surface area contributed by atoms with Gasteiger partial charge in [-0.15, -0.1) is 10.2 Å². The summed E-state index contributed by atoms with van der Waals surface area (Å²) in [5.74, 6) is 0.885. The number of benzene rings is 1. The molecule has 0 aliphatic heterocycles. The lowest BCUT2D eigenvalue weighted by atomic mass is 10.1. The van der Waals surface area contributed by atoms with Gasteiger partial charge in [-0.05, 0) is 44.0 Å². The molecule has 7 heteroatoms. The molecule has 0 radical (unpaired) electrons. The first kappa shape index (κ1) is 14.0. The number of nitrogens with zero attached hydrogens (tertiary/aromatic N) is 3. The predicted molar refractivity (Wildman–Crippen MR) is 72.1 cm³/mol. The minimum Gasteiger partial charge on any atom is -0.484 e. The molecule has 0 bridgehead atoms. The Kier molecular flexibility index (Phi) is 4.29. The summed E-state index contributed by atoms with van der Waals surface area (Å²) in [5, 5.41) is 16.1. The van der Waals surface area contributed by atoms with Gasteiger partial charge in [-0.1, -0.05) is 11.3 Å². The Bertz CT molecular complexity index is 562. The average molecular weight is 275 g/mol. The average Bonchev–Trinajstić information content (AvgIpc) is 2.89. The first-order valence-corrected chi connectivity index (χ1v) is 6.28. The minimum atomic E-state index is -0.316. The number of hydrogen-bond acceptors (Lipinski definition) is 5. The highest BCUT2D eigenvalue weighted by Crippen LogP contribution is 2.16. The van der Waals surface area contributed by atoms with E-state index in [-0.39, 0.29) is 18.6 Å². The Morgan fingerprint density at radius 3 is 2.65 bits per heavy atom. The van der Waals surface area contributed by atoms with Crippen molar-refractivity contribution in [1.29, 1.82) is 0 Å². The van der Waals surface area contributed by atoms with Gasteiger partial charge in [-0.3, -0.25) is 4.79 Å². The Balaban J connectivity index is 1.86. The number of H-pyrrole nitrogens is 1. The van der Waals surface area contributed by atoms with Crippen LogP contribution in [0.25, 0.3) is 0 Å². The van der Waals surface area contributed by atoms with Gasteiger partial charge in [0.15, 0.2) is 12.4 Å². The molecule has 1 heterocycles. The summed E-state index contributed by atoms with van der Waals surface area (Å²) in [6.45, 7) is 5.70. The fraction of sp³-hybridized carbons (Fsp3) is 0.385. The number of nitrogens with one attached hydrogen (secondary N) is 2. The lowest BCUT2D eigenvalue weighted by molar-refractivity contribution is -0.123. The Labute approximate surface area is 116 Å². The number of ether oxygens (including phenoxy) is 1. The zero-order chi connectivity index (χ0) is 14.5. The molecule has 1 aromatic carbocycles. The highest BCUT2D eigenvalue weighted by Gasteiger charge is 2.13. The van der Waals surface area contributed by atoms with Crippen LogP contribution in [-0.2, 0) is 4.79 Å². The van der Waals surface area contributed by atoms with E-state index in [0.717, 1.165) is 11.1 Å². The van der Waals surface area contributed by atoms with E-state index in [0.29, 0.717) is 11.6 Å². The van der Waals surface area contributed by atoms with E-state index in [2.05, 4.69) is 25.9 Å². The lowest BCUT2D eigenvalue weighted by Gasteiger charge is -2.11. The molecule has 1 unspecified atom stereocenters. The maximum Gasteiger partial charge on any atom is 0.258 e. The van der Waals surface area contributed by atoms with Crippen LogP contribution < -0.4 is 10.1 Å². The van der Waals surface area contributed by atoms with E-state index in [1.165, 1.54) is 0 Å². The molecule has 0 fully saturated rings. The van der Waals surface area contributed by atoms with Gasteiger partial charge < -0.3 is 10.1 Å². The summed E-state index contributed by atoms with van der Waals surface area (Å²) in [6.07, 6.45) is 0. The van der Waals surface area contributed by atoms with E-state index in [1.807, 2.05) is 32.0 Å². The van der Waals surface area contributed by atoms with Crippen LogP contribution in [0, 0.1) is 13.8 Å². The monoisotopic (exact) mass is 275 g/mol. The number of amides is 1. The van der Waals surface area contributed by atoms with Crippen molar-refractivity contribution in [2.75, 3.05) is 6.61 Å². The van der Waals surface area contributed by atoms with Crippen LogP contribution in [0.3, 0.4) is 0 Å². The van der Waals surface area contributed by atoms with Gasteiger partial charge in [0.25, 0.3) is 5.91 Å². The molecule has 1 amide bonds. The van der Waals surface area contributed by atoms with Crippen LogP contribution in [0.5, 0.6) is 5.75 Å². The predicted octanol–water partition coefficient (Wildman–Crippen LogP) is 1.07. The highest BCUT2D eigenvalue weighted by molar-refractivity contribution is 5.77. The molecule has 7 nitrogen and oxygen atoms in total. The van der Waals surface area contributed by atoms with Crippen LogP contribution in [0.1, 0.15) is 29.9 Å². The topological polar surface area (TPSA) is 92.8 Å². The Morgan fingerprint density at radius 1 is 1.35 bits per heavy atom. The van der Waals surface area contributed by atoms with Crippen molar-refractivity contribution < 1.29 is 9.53 Å². The van der Waals surface area contributed by atoms with Crippen molar-refractivity contribution in [1.82, 2.24) is 25.9 Å². The molecule has 106 valence electrons. The molecular formula is C13H17N5O2. The first-order valence-electron chi connectivity index (χ1n) is 6.28. The molecular weight excluding hydrogens is 258 g/mol. The largest absolute Gasteiger partial charge is 0.484 e. The van der Waals surface area contributed by atoms with Crippen molar-refractivity contribution in [2.45, 2.75) is 26.8 Å². The zero-order valence-corrected chi connectivity index (χ0v) is 11.7. The summed E-state index contributed by atoms with van der Waals surface area (Å²) in [5.41, 5.74) is 2.20. The van der Waals surface area contributed by atoms with Crippen LogP contribution in [-0.4, -0.2) is 33.1 Å². The summed E-state index contributed by atoms with van der Waals surface area (Å²) in [4.78, 5) is 11.8. The molecule has 0 saturated heterocycles. The van der Waals surface area contributed by atoms with E-state index < -0.39 is 0 Å². The maximum atomic E-state index is 11.8. The number of rotatable bonds is 5. The fourth-order valence-electron chi connectivity index (χ4n) is 1.87. The SMILES string of the molecule is Cc1cc(C)cc(OCC(=O)NC(C)c2nn[nH]n2)c1. The van der Waals surface area contributed by atoms with Crippen LogP contribution in [0.4, 0.5) is 0 Å². The van der Waals surface area contributed by atoms with Gasteiger partial charge in [0, 0.05) is 0 Å². The number of aromatic amines is 1. The highest BCUT2D eigenvalue weighted by atomic mass is 16.5. The van der Waals surface area contributed by atoms with Crippen LogP contribution >= 0.6 is 0 Å². The number of tetrazole rings is 1. The van der Waals surface area contributed by atoms with Gasteiger partial charge in [-0.25, -0.2) is 0 Å². The number of aryl methyl sites for hydroxylation is 2. The molecule has 20 heavy (non-hydrogen) atoms. The molecule has 1 aromatic heterocycles. The summed E-state index contributed by atoms with van der Waals surface area (Å²) < 4.78 is 5.47. The van der Waals surface area contributed by atoms with E-state index in [4.69, 9.17) is 4.74 Å². The first-order chi connectivity index (χ1) is 9.54. The number of hydrogen-bond donors (Lipinski definition) is 2. The maximum absolute atomic E-state index is 11.8. The summed E-state index contributed by atoms with van der Waals surface area (Å²) in [7, 11) is 0. The second-order valence-electron chi connectivity index (χ2n) is 4.67. The Hall–Kier alpha value is -2.44. The number of carbonyl (C=O) groups excluding carboxylic acids is 1. The smallest absolute Gasteiger partial charge is 0.258 e. The molecule has 0 saturated carbocycles. The molecule has 0 aliphatic carbocycles. The van der Waals surface area contributed by atoms with Gasteiger partial charge in [0.1, 0.15) is 5.75 Å². The van der Waals surface area contributed by atoms with Crippen LogP contribution in [0.2, 0.25) is 0 Å². The van der Waals surface area contributed by atoms with Crippen molar-refractivity contribution in [3.8, 4) is 5.75 Å². The van der Waals surface area contributed by atoms with Crippen molar-refractivity contribution in [2.24, 2.45) is 0 Å². The molecule has 2 N–H and O–H groups in total. The zero-order valence-electron chi connectivity index (χ0n) is 11.7. The minimum absolute atomic E-state index is 0.0505. The number of carbonyl (C=O) groups is 1. The summed E-state index contributed by atoms with van der Waals surface area (Å²) in [6, 6.07) is 5.51. The van der Waals surface area contributed by atoms with E-state index >= 15 is 0 Å². The Morgan fingerprint density at radius 2 is 2.05 bits per heavy atom. The molecule has 1 atom stereocenters. The molecule has 0 aliphatic rings. The quantitative estimate of drug-likeness (QED) is 0.851. The van der Waals surface area contributed by atoms with Gasteiger partial charge >= 0.3 is 0 Å².